The van der Waals surface area contributed by atoms with Crippen molar-refractivity contribution in [3.63, 3.8) is 0 Å². The van der Waals surface area contributed by atoms with Gasteiger partial charge in [0.25, 0.3) is 0 Å². The molecule has 104 valence electrons. The maximum absolute atomic E-state index is 11.0. The van der Waals surface area contributed by atoms with Crippen LogP contribution in [0.5, 0.6) is 0 Å². The van der Waals surface area contributed by atoms with Crippen LogP contribution < -0.4 is 0 Å². The summed E-state index contributed by atoms with van der Waals surface area (Å²) in [7, 11) is 0. The molecule has 0 aromatic carbocycles. The Kier molecular flexibility index (Phi) is 7.81. The fourth-order valence-corrected chi connectivity index (χ4v) is 3.76. The van der Waals surface area contributed by atoms with E-state index in [1.54, 1.807) is 0 Å². The van der Waals surface area contributed by atoms with Crippen molar-refractivity contribution >= 4 is 17.9 Å². The summed E-state index contributed by atoms with van der Waals surface area (Å²) in [4.78, 5) is 33.1. The summed E-state index contributed by atoms with van der Waals surface area (Å²) in [6.45, 7) is 5.48. The number of carbonyl (C=O) groups is 3. The van der Waals surface area contributed by atoms with Crippen LogP contribution in [0.1, 0.15) is 40.5 Å². The standard InChI is InChI=1S/C4H9O.3C2H4O2.Ti/c1-2-3-4-5;3*1-2(3)4;/h2-4H2,1H3;3*1H3,(H,3,4);/q-1;;;;+4/p-3. The van der Waals surface area contributed by atoms with Gasteiger partial charge in [-0.1, -0.05) is 0 Å². The third-order valence-corrected chi connectivity index (χ3v) is 4.97. The van der Waals surface area contributed by atoms with Gasteiger partial charge in [-0.05, 0) is 0 Å². The van der Waals surface area contributed by atoms with Crippen LogP contribution in [0, 0.1) is 0 Å². The Labute approximate surface area is 111 Å². The van der Waals surface area contributed by atoms with Crippen molar-refractivity contribution in [3.05, 3.63) is 0 Å². The summed E-state index contributed by atoms with van der Waals surface area (Å²) in [5.41, 5.74) is 0. The molecule has 0 aliphatic heterocycles. The molecule has 0 aliphatic carbocycles. The van der Waals surface area contributed by atoms with E-state index in [4.69, 9.17) is 13.3 Å². The molecular formula is C10H18O7Ti. The average Bonchev–Trinajstić information content (AvgIpc) is 2.13. The number of unbranched alkanes of at least 4 members (excludes halogenated alkanes) is 1. The summed E-state index contributed by atoms with van der Waals surface area (Å²) >= 11 is -4.64. The fraction of sp³-hybridized carbons (Fsp3) is 0.700. The second kappa shape index (κ2) is 8.23. The van der Waals surface area contributed by atoms with Gasteiger partial charge in [0, 0.05) is 0 Å². The van der Waals surface area contributed by atoms with Crippen molar-refractivity contribution in [2.24, 2.45) is 0 Å². The average molecular weight is 298 g/mol. The summed E-state index contributed by atoms with van der Waals surface area (Å²) in [5, 5.41) is 0. The number of hydrogen-bond acceptors (Lipinski definition) is 7. The van der Waals surface area contributed by atoms with Crippen molar-refractivity contribution in [1.29, 1.82) is 0 Å². The first-order valence-electron chi connectivity index (χ1n) is 5.54. The van der Waals surface area contributed by atoms with Crippen molar-refractivity contribution in [3.8, 4) is 0 Å². The monoisotopic (exact) mass is 298 g/mol. The predicted octanol–water partition coefficient (Wildman–Crippen LogP) is 1.31. The van der Waals surface area contributed by atoms with E-state index in [0.717, 1.165) is 27.2 Å². The van der Waals surface area contributed by atoms with Gasteiger partial charge >= 0.3 is 111 Å². The summed E-state index contributed by atoms with van der Waals surface area (Å²) in [6, 6.07) is 0. The number of hydrogen-bond donors (Lipinski definition) is 0. The first kappa shape index (κ1) is 17.1. The second-order valence-electron chi connectivity index (χ2n) is 3.48. The normalized spacial score (nSPS) is 10.7. The molecule has 0 rings (SSSR count). The number of carbonyl (C=O) groups excluding carboxylic acids is 3. The third-order valence-electron chi connectivity index (χ3n) is 1.58. The van der Waals surface area contributed by atoms with E-state index < -0.39 is 36.0 Å². The topological polar surface area (TPSA) is 88.1 Å². The van der Waals surface area contributed by atoms with E-state index in [9.17, 15) is 14.4 Å². The Hall–Kier alpha value is -0.916. The molecule has 0 fully saturated rings. The zero-order valence-electron chi connectivity index (χ0n) is 11.0. The molecule has 0 aromatic heterocycles. The van der Waals surface area contributed by atoms with Gasteiger partial charge in [0.15, 0.2) is 0 Å². The van der Waals surface area contributed by atoms with Crippen molar-refractivity contribution in [1.82, 2.24) is 0 Å². The van der Waals surface area contributed by atoms with Gasteiger partial charge in [-0.3, -0.25) is 0 Å². The summed E-state index contributed by atoms with van der Waals surface area (Å²) < 4.78 is 19.8. The molecule has 0 bridgehead atoms. The third kappa shape index (κ3) is 7.42. The van der Waals surface area contributed by atoms with E-state index in [1.807, 2.05) is 6.92 Å². The molecule has 8 heteroatoms. The Morgan fingerprint density at radius 2 is 1.28 bits per heavy atom. The molecular weight excluding hydrogens is 280 g/mol. The minimum atomic E-state index is -4.64. The van der Waals surface area contributed by atoms with E-state index in [1.165, 1.54) is 0 Å². The summed E-state index contributed by atoms with van der Waals surface area (Å²) in [5.74, 6) is -2.18. The predicted molar refractivity (Wildman–Crippen MR) is 56.2 cm³/mol. The van der Waals surface area contributed by atoms with Crippen LogP contribution in [0.3, 0.4) is 0 Å². The molecule has 0 saturated carbocycles. The van der Waals surface area contributed by atoms with Crippen molar-refractivity contribution in [2.75, 3.05) is 6.61 Å². The van der Waals surface area contributed by atoms with Gasteiger partial charge in [-0.25, -0.2) is 0 Å². The van der Waals surface area contributed by atoms with Crippen LogP contribution in [0.25, 0.3) is 0 Å². The zero-order chi connectivity index (χ0) is 14.2. The van der Waals surface area contributed by atoms with Crippen LogP contribution in [0.4, 0.5) is 0 Å². The minimum absolute atomic E-state index is 0.185. The quantitative estimate of drug-likeness (QED) is 0.517. The van der Waals surface area contributed by atoms with Gasteiger partial charge in [0.1, 0.15) is 0 Å². The Balaban J connectivity index is 4.90. The zero-order valence-corrected chi connectivity index (χ0v) is 12.5. The molecule has 0 amide bonds. The molecule has 0 aromatic rings. The van der Waals surface area contributed by atoms with Crippen LogP contribution in [-0.4, -0.2) is 24.5 Å². The molecule has 0 spiro atoms. The van der Waals surface area contributed by atoms with E-state index >= 15 is 0 Å². The molecule has 0 saturated heterocycles. The van der Waals surface area contributed by atoms with Gasteiger partial charge in [0.05, 0.1) is 0 Å². The number of rotatable bonds is 7. The molecule has 0 radical (unpaired) electrons. The molecule has 7 nitrogen and oxygen atoms in total. The molecule has 0 unspecified atom stereocenters. The molecule has 0 heterocycles. The second-order valence-corrected chi connectivity index (χ2v) is 6.45. The van der Waals surface area contributed by atoms with Crippen LogP contribution >= 0.6 is 0 Å². The summed E-state index contributed by atoms with van der Waals surface area (Å²) in [6.07, 6.45) is 1.50. The molecule has 18 heavy (non-hydrogen) atoms. The van der Waals surface area contributed by atoms with E-state index in [-0.39, 0.29) is 6.61 Å². The van der Waals surface area contributed by atoms with E-state index in [2.05, 4.69) is 0 Å². The van der Waals surface area contributed by atoms with Gasteiger partial charge < -0.3 is 0 Å². The van der Waals surface area contributed by atoms with Gasteiger partial charge in [-0.15, -0.1) is 0 Å². The maximum atomic E-state index is 11.0. The first-order valence-corrected chi connectivity index (χ1v) is 8.09. The van der Waals surface area contributed by atoms with Crippen molar-refractivity contribution in [2.45, 2.75) is 40.5 Å². The first-order chi connectivity index (χ1) is 8.31. The molecule has 0 atom stereocenters. The fourth-order valence-electron chi connectivity index (χ4n) is 1.02. The Morgan fingerprint density at radius 1 is 0.889 bits per heavy atom. The Bertz CT molecular complexity index is 275. The molecule has 0 N–H and O–H groups in total. The van der Waals surface area contributed by atoms with E-state index in [0.29, 0.717) is 6.42 Å². The molecule has 0 aliphatic rings. The van der Waals surface area contributed by atoms with Crippen LogP contribution in [0.15, 0.2) is 0 Å². The Morgan fingerprint density at radius 3 is 1.56 bits per heavy atom. The van der Waals surface area contributed by atoms with Gasteiger partial charge in [0.2, 0.25) is 0 Å². The van der Waals surface area contributed by atoms with Crippen LogP contribution in [-0.2, 0) is 45.8 Å². The van der Waals surface area contributed by atoms with Gasteiger partial charge in [-0.2, -0.15) is 0 Å². The van der Waals surface area contributed by atoms with Crippen molar-refractivity contribution < 1.29 is 45.8 Å². The van der Waals surface area contributed by atoms with Crippen LogP contribution in [0.2, 0.25) is 0 Å². The SMILES string of the molecule is CCCC[O][Ti]([O]C(C)=O)([O]C(C)=O)[O]C(C)=O.